The minimum atomic E-state index is 0.933. The van der Waals surface area contributed by atoms with Crippen LogP contribution in [0.25, 0.3) is 10.9 Å². The molecule has 1 heterocycles. The summed E-state index contributed by atoms with van der Waals surface area (Å²) in [5.41, 5.74) is 4.10. The van der Waals surface area contributed by atoms with Gasteiger partial charge in [-0.1, -0.05) is 44.2 Å². The number of benzene rings is 2. The largest absolute Gasteiger partial charge is 0.497 e. The third-order valence-corrected chi connectivity index (χ3v) is 5.25. The van der Waals surface area contributed by atoms with Crippen molar-refractivity contribution >= 4 is 10.9 Å². The van der Waals surface area contributed by atoms with Crippen molar-refractivity contribution in [3.8, 4) is 5.75 Å². The van der Waals surface area contributed by atoms with Gasteiger partial charge in [0, 0.05) is 30.2 Å². The summed E-state index contributed by atoms with van der Waals surface area (Å²) in [4.78, 5) is 2.48. The third kappa shape index (κ3) is 4.28. The van der Waals surface area contributed by atoms with Crippen molar-refractivity contribution in [3.63, 3.8) is 0 Å². The van der Waals surface area contributed by atoms with Crippen molar-refractivity contribution < 1.29 is 4.74 Å². The molecule has 1 aromatic heterocycles. The van der Waals surface area contributed by atoms with Crippen LogP contribution in [0.3, 0.4) is 0 Å². The van der Waals surface area contributed by atoms with Crippen LogP contribution in [-0.4, -0.2) is 36.2 Å². The molecular weight excluding hydrogens is 320 g/mol. The molecule has 138 valence electrons. The maximum atomic E-state index is 5.46. The van der Waals surface area contributed by atoms with Gasteiger partial charge in [-0.15, -0.1) is 0 Å². The maximum Gasteiger partial charge on any atom is 0.119 e. The van der Waals surface area contributed by atoms with E-state index in [1.807, 2.05) is 0 Å². The molecule has 0 saturated heterocycles. The standard InChI is InChI=1S/C23H30N2O/c1-4-24(5-2)15-14-20-18-25(16-13-19-9-7-6-8-10-19)23-12-11-21(26-3)17-22(20)23/h6-12,17-18H,4-5,13-16H2,1-3H3. The summed E-state index contributed by atoms with van der Waals surface area (Å²) < 4.78 is 7.87. The summed E-state index contributed by atoms with van der Waals surface area (Å²) in [5.74, 6) is 0.933. The molecule has 3 heteroatoms. The molecule has 0 aliphatic carbocycles. The minimum Gasteiger partial charge on any atom is -0.497 e. The highest BCUT2D eigenvalue weighted by Gasteiger charge is 2.11. The fraction of sp³-hybridized carbons (Fsp3) is 0.391. The lowest BCUT2D eigenvalue weighted by Crippen LogP contribution is -2.25. The number of ether oxygens (including phenoxy) is 1. The summed E-state index contributed by atoms with van der Waals surface area (Å²) in [5, 5.41) is 1.32. The zero-order valence-electron chi connectivity index (χ0n) is 16.2. The highest BCUT2D eigenvalue weighted by Crippen LogP contribution is 2.27. The Kier molecular flexibility index (Phi) is 6.35. The van der Waals surface area contributed by atoms with Gasteiger partial charge in [0.25, 0.3) is 0 Å². The number of fused-ring (bicyclic) bond motifs is 1. The molecule has 0 unspecified atom stereocenters. The topological polar surface area (TPSA) is 17.4 Å². The van der Waals surface area contributed by atoms with Gasteiger partial charge in [0.05, 0.1) is 7.11 Å². The number of likely N-dealkylation sites (N-methyl/N-ethyl adjacent to an activating group) is 1. The summed E-state index contributed by atoms with van der Waals surface area (Å²) in [6, 6.07) is 17.2. The molecule has 0 radical (unpaired) electrons. The van der Waals surface area contributed by atoms with Crippen LogP contribution < -0.4 is 4.74 Å². The Hall–Kier alpha value is -2.26. The lowest BCUT2D eigenvalue weighted by atomic mass is 10.1. The van der Waals surface area contributed by atoms with E-state index >= 15 is 0 Å². The molecular formula is C23H30N2O. The molecule has 0 spiro atoms. The Bertz CT molecular complexity index is 819. The van der Waals surface area contributed by atoms with Crippen LogP contribution in [0.4, 0.5) is 0 Å². The van der Waals surface area contributed by atoms with Gasteiger partial charge in [0.15, 0.2) is 0 Å². The molecule has 3 rings (SSSR count). The summed E-state index contributed by atoms with van der Waals surface area (Å²) in [6.45, 7) is 8.77. The Morgan fingerprint density at radius 3 is 2.42 bits per heavy atom. The van der Waals surface area contributed by atoms with E-state index in [0.29, 0.717) is 0 Å². The van der Waals surface area contributed by atoms with Gasteiger partial charge in [-0.2, -0.15) is 0 Å². The molecule has 0 aliphatic heterocycles. The van der Waals surface area contributed by atoms with Crippen molar-refractivity contribution in [3.05, 3.63) is 65.9 Å². The second-order valence-electron chi connectivity index (χ2n) is 6.74. The highest BCUT2D eigenvalue weighted by atomic mass is 16.5. The van der Waals surface area contributed by atoms with Gasteiger partial charge in [0.2, 0.25) is 0 Å². The van der Waals surface area contributed by atoms with E-state index in [1.165, 1.54) is 22.0 Å². The van der Waals surface area contributed by atoms with Gasteiger partial charge in [-0.25, -0.2) is 0 Å². The number of hydrogen-bond acceptors (Lipinski definition) is 2. The summed E-state index contributed by atoms with van der Waals surface area (Å²) >= 11 is 0. The van der Waals surface area contributed by atoms with Crippen LogP contribution in [0.5, 0.6) is 5.75 Å². The average molecular weight is 351 g/mol. The van der Waals surface area contributed by atoms with Crippen LogP contribution in [0.1, 0.15) is 25.0 Å². The highest BCUT2D eigenvalue weighted by molar-refractivity contribution is 5.85. The summed E-state index contributed by atoms with van der Waals surface area (Å²) in [6.07, 6.45) is 4.46. The second-order valence-corrected chi connectivity index (χ2v) is 6.74. The molecule has 0 bridgehead atoms. The molecule has 0 N–H and O–H groups in total. The van der Waals surface area contributed by atoms with E-state index in [0.717, 1.165) is 44.8 Å². The Morgan fingerprint density at radius 2 is 1.73 bits per heavy atom. The van der Waals surface area contributed by atoms with E-state index < -0.39 is 0 Å². The van der Waals surface area contributed by atoms with Crippen molar-refractivity contribution in [2.75, 3.05) is 26.7 Å². The zero-order chi connectivity index (χ0) is 18.4. The third-order valence-electron chi connectivity index (χ3n) is 5.25. The van der Waals surface area contributed by atoms with Gasteiger partial charge in [0.1, 0.15) is 5.75 Å². The fourth-order valence-electron chi connectivity index (χ4n) is 3.57. The molecule has 0 atom stereocenters. The zero-order valence-corrected chi connectivity index (χ0v) is 16.2. The minimum absolute atomic E-state index is 0.933. The van der Waals surface area contributed by atoms with Crippen LogP contribution in [-0.2, 0) is 19.4 Å². The van der Waals surface area contributed by atoms with Crippen LogP contribution in [0, 0.1) is 0 Å². The van der Waals surface area contributed by atoms with E-state index in [1.54, 1.807) is 7.11 Å². The van der Waals surface area contributed by atoms with E-state index in [2.05, 4.69) is 78.0 Å². The van der Waals surface area contributed by atoms with Gasteiger partial charge in [-0.05, 0) is 55.3 Å². The number of nitrogens with zero attached hydrogens (tertiary/aromatic N) is 2. The van der Waals surface area contributed by atoms with Crippen LogP contribution in [0.2, 0.25) is 0 Å². The van der Waals surface area contributed by atoms with E-state index in [-0.39, 0.29) is 0 Å². The van der Waals surface area contributed by atoms with Crippen LogP contribution in [0.15, 0.2) is 54.7 Å². The summed E-state index contributed by atoms with van der Waals surface area (Å²) in [7, 11) is 1.74. The molecule has 2 aromatic carbocycles. The first-order valence-corrected chi connectivity index (χ1v) is 9.67. The first-order chi connectivity index (χ1) is 12.7. The van der Waals surface area contributed by atoms with Crippen LogP contribution >= 0.6 is 0 Å². The van der Waals surface area contributed by atoms with Crippen molar-refractivity contribution in [2.24, 2.45) is 0 Å². The Morgan fingerprint density at radius 1 is 0.962 bits per heavy atom. The van der Waals surface area contributed by atoms with Crippen molar-refractivity contribution in [1.29, 1.82) is 0 Å². The normalized spacial score (nSPS) is 11.4. The first-order valence-electron chi connectivity index (χ1n) is 9.67. The SMILES string of the molecule is CCN(CC)CCc1cn(CCc2ccccc2)c2ccc(OC)cc12. The van der Waals surface area contributed by atoms with Gasteiger partial charge in [-0.3, -0.25) is 0 Å². The number of aryl methyl sites for hydroxylation is 2. The number of aromatic nitrogens is 1. The fourth-order valence-corrected chi connectivity index (χ4v) is 3.57. The Balaban J connectivity index is 1.85. The lowest BCUT2D eigenvalue weighted by molar-refractivity contribution is 0.308. The number of methoxy groups -OCH3 is 1. The molecule has 26 heavy (non-hydrogen) atoms. The molecule has 3 nitrogen and oxygen atoms in total. The number of hydrogen-bond donors (Lipinski definition) is 0. The van der Waals surface area contributed by atoms with E-state index in [9.17, 15) is 0 Å². The second kappa shape index (κ2) is 8.91. The monoisotopic (exact) mass is 350 g/mol. The molecule has 0 amide bonds. The van der Waals surface area contributed by atoms with E-state index in [4.69, 9.17) is 4.74 Å². The predicted molar refractivity (Wildman–Crippen MR) is 110 cm³/mol. The smallest absolute Gasteiger partial charge is 0.119 e. The van der Waals surface area contributed by atoms with Gasteiger partial charge < -0.3 is 14.2 Å². The average Bonchev–Trinajstić information content (AvgIpc) is 3.05. The van der Waals surface area contributed by atoms with Gasteiger partial charge >= 0.3 is 0 Å². The van der Waals surface area contributed by atoms with Crippen molar-refractivity contribution in [1.82, 2.24) is 9.47 Å². The quantitative estimate of drug-likeness (QED) is 0.553. The molecule has 0 aliphatic rings. The van der Waals surface area contributed by atoms with Crippen molar-refractivity contribution in [2.45, 2.75) is 33.2 Å². The molecule has 0 fully saturated rings. The maximum absolute atomic E-state index is 5.46. The number of rotatable bonds is 9. The molecule has 3 aromatic rings. The lowest BCUT2D eigenvalue weighted by Gasteiger charge is -2.17. The first kappa shape index (κ1) is 18.5. The predicted octanol–water partition coefficient (Wildman–Crippen LogP) is 4.78. The molecule has 0 saturated carbocycles. The Labute approximate surface area is 157 Å².